The van der Waals surface area contributed by atoms with E-state index in [0.717, 1.165) is 5.56 Å². The number of nitrogens with zero attached hydrogens (tertiary/aromatic N) is 1. The Kier molecular flexibility index (Phi) is 3.00. The zero-order valence-corrected chi connectivity index (χ0v) is 8.84. The van der Waals surface area contributed by atoms with Gasteiger partial charge in [-0.15, -0.1) is 0 Å². The summed E-state index contributed by atoms with van der Waals surface area (Å²) in [6.07, 6.45) is 1.54. The zero-order valence-electron chi connectivity index (χ0n) is 8.84. The van der Waals surface area contributed by atoms with E-state index in [1.165, 1.54) is 6.26 Å². The van der Waals surface area contributed by atoms with E-state index in [1.807, 2.05) is 19.1 Å². The summed E-state index contributed by atoms with van der Waals surface area (Å²) < 4.78 is 9.77. The molecule has 0 radical (unpaired) electrons. The first kappa shape index (κ1) is 10.4. The van der Waals surface area contributed by atoms with Crippen molar-refractivity contribution in [1.29, 1.82) is 0 Å². The van der Waals surface area contributed by atoms with Crippen molar-refractivity contribution in [2.45, 2.75) is 13.3 Å². The van der Waals surface area contributed by atoms with Crippen LogP contribution in [0, 0.1) is 6.92 Å². The highest BCUT2D eigenvalue weighted by molar-refractivity contribution is 5.74. The molecule has 4 nitrogen and oxygen atoms in total. The number of rotatable bonds is 3. The topological polar surface area (TPSA) is 52.3 Å². The Morgan fingerprint density at radius 2 is 2.31 bits per heavy atom. The van der Waals surface area contributed by atoms with Gasteiger partial charge in [0.05, 0.1) is 12.1 Å². The number of carbonyl (C=O) groups is 1. The van der Waals surface area contributed by atoms with Gasteiger partial charge in [0.2, 0.25) is 0 Å². The van der Waals surface area contributed by atoms with Gasteiger partial charge >= 0.3 is 5.97 Å². The van der Waals surface area contributed by atoms with Crippen molar-refractivity contribution in [3.05, 3.63) is 47.9 Å². The summed E-state index contributed by atoms with van der Waals surface area (Å²) in [4.78, 5) is 11.5. The van der Waals surface area contributed by atoms with E-state index in [4.69, 9.17) is 4.74 Å². The summed E-state index contributed by atoms with van der Waals surface area (Å²) in [5.41, 5.74) is 1.62. The number of benzene rings is 1. The number of aromatic nitrogens is 1. The molecule has 82 valence electrons. The van der Waals surface area contributed by atoms with Crippen molar-refractivity contribution in [3.63, 3.8) is 0 Å². The maximum atomic E-state index is 11.5. The molecular weight excluding hydrogens is 206 g/mol. The molecule has 0 N–H and O–H groups in total. The molecule has 0 bridgehead atoms. The Hall–Kier alpha value is -2.10. The molecule has 1 aromatic heterocycles. The van der Waals surface area contributed by atoms with Crippen molar-refractivity contribution in [2.24, 2.45) is 0 Å². The fourth-order valence-corrected chi connectivity index (χ4v) is 1.32. The lowest BCUT2D eigenvalue weighted by Crippen LogP contribution is -2.11. The van der Waals surface area contributed by atoms with Crippen LogP contribution in [0.15, 0.2) is 41.1 Å². The second-order valence-electron chi connectivity index (χ2n) is 3.46. The molecule has 4 heteroatoms. The predicted molar refractivity (Wildman–Crippen MR) is 57.0 cm³/mol. The summed E-state index contributed by atoms with van der Waals surface area (Å²) in [7, 11) is 0. The van der Waals surface area contributed by atoms with E-state index in [0.29, 0.717) is 11.4 Å². The van der Waals surface area contributed by atoms with Crippen molar-refractivity contribution in [3.8, 4) is 5.75 Å². The summed E-state index contributed by atoms with van der Waals surface area (Å²) in [5, 5.41) is 3.64. The number of carbonyl (C=O) groups excluding carboxylic acids is 1. The van der Waals surface area contributed by atoms with Crippen LogP contribution in [0.1, 0.15) is 11.3 Å². The molecule has 1 heterocycles. The Bertz CT molecular complexity index is 477. The lowest BCUT2D eigenvalue weighted by atomic mass is 10.2. The molecule has 0 amide bonds. The summed E-state index contributed by atoms with van der Waals surface area (Å²) in [6.45, 7) is 1.94. The van der Waals surface area contributed by atoms with Crippen LogP contribution in [0.5, 0.6) is 5.75 Å². The van der Waals surface area contributed by atoms with Crippen LogP contribution in [0.25, 0.3) is 0 Å². The van der Waals surface area contributed by atoms with Crippen LogP contribution in [-0.2, 0) is 11.2 Å². The number of hydrogen-bond acceptors (Lipinski definition) is 4. The first-order chi connectivity index (χ1) is 7.74. The highest BCUT2D eigenvalue weighted by Gasteiger charge is 2.08. The highest BCUT2D eigenvalue weighted by atomic mass is 16.5. The maximum absolute atomic E-state index is 11.5. The highest BCUT2D eigenvalue weighted by Crippen LogP contribution is 2.13. The number of aryl methyl sites for hydroxylation is 1. The van der Waals surface area contributed by atoms with Gasteiger partial charge in [-0.05, 0) is 24.6 Å². The molecular formula is C12H11NO3. The van der Waals surface area contributed by atoms with Crippen LogP contribution >= 0.6 is 0 Å². The van der Waals surface area contributed by atoms with Crippen LogP contribution in [-0.4, -0.2) is 11.1 Å². The quantitative estimate of drug-likeness (QED) is 0.583. The average molecular weight is 217 g/mol. The first-order valence-electron chi connectivity index (χ1n) is 4.90. The Morgan fingerprint density at radius 1 is 1.44 bits per heavy atom. The van der Waals surface area contributed by atoms with Gasteiger partial charge in [-0.2, -0.15) is 0 Å². The predicted octanol–water partition coefficient (Wildman–Crippen LogP) is 2.13. The maximum Gasteiger partial charge on any atom is 0.317 e. The van der Waals surface area contributed by atoms with E-state index in [9.17, 15) is 4.79 Å². The third-order valence-corrected chi connectivity index (χ3v) is 2.04. The number of esters is 1. The molecule has 1 aromatic carbocycles. The fourth-order valence-electron chi connectivity index (χ4n) is 1.32. The van der Waals surface area contributed by atoms with Gasteiger partial charge in [-0.1, -0.05) is 17.3 Å². The molecule has 2 rings (SSSR count). The van der Waals surface area contributed by atoms with Gasteiger partial charge in [0.1, 0.15) is 12.0 Å². The molecule has 0 aliphatic rings. The standard InChI is InChI=1S/C12H11NO3/c1-9-3-2-4-11(7-9)16-12(14)8-10-5-6-15-13-10/h2-7H,8H2,1H3. The molecule has 16 heavy (non-hydrogen) atoms. The monoisotopic (exact) mass is 217 g/mol. The number of hydrogen-bond donors (Lipinski definition) is 0. The van der Waals surface area contributed by atoms with Gasteiger partial charge in [-0.25, -0.2) is 0 Å². The molecule has 0 atom stereocenters. The molecule has 0 spiro atoms. The van der Waals surface area contributed by atoms with Gasteiger partial charge in [0.15, 0.2) is 0 Å². The van der Waals surface area contributed by atoms with E-state index < -0.39 is 0 Å². The van der Waals surface area contributed by atoms with Gasteiger partial charge in [0, 0.05) is 6.07 Å². The second kappa shape index (κ2) is 4.61. The zero-order chi connectivity index (χ0) is 11.4. The van der Waals surface area contributed by atoms with Crippen LogP contribution in [0.4, 0.5) is 0 Å². The van der Waals surface area contributed by atoms with Crippen molar-refractivity contribution >= 4 is 5.97 Å². The summed E-state index contributed by atoms with van der Waals surface area (Å²) in [6, 6.07) is 8.97. The van der Waals surface area contributed by atoms with E-state index >= 15 is 0 Å². The van der Waals surface area contributed by atoms with Crippen LogP contribution in [0.2, 0.25) is 0 Å². The third-order valence-electron chi connectivity index (χ3n) is 2.04. The minimum Gasteiger partial charge on any atom is -0.426 e. The molecule has 0 fully saturated rings. The van der Waals surface area contributed by atoms with E-state index in [-0.39, 0.29) is 12.4 Å². The van der Waals surface area contributed by atoms with E-state index in [2.05, 4.69) is 9.68 Å². The van der Waals surface area contributed by atoms with Crippen molar-refractivity contribution < 1.29 is 14.1 Å². The Morgan fingerprint density at radius 3 is 3.00 bits per heavy atom. The molecule has 0 aliphatic carbocycles. The van der Waals surface area contributed by atoms with Gasteiger partial charge in [0.25, 0.3) is 0 Å². The van der Waals surface area contributed by atoms with Gasteiger partial charge in [-0.3, -0.25) is 4.79 Å². The van der Waals surface area contributed by atoms with E-state index in [1.54, 1.807) is 18.2 Å². The molecule has 0 aliphatic heterocycles. The third kappa shape index (κ3) is 2.70. The fraction of sp³-hybridized carbons (Fsp3) is 0.167. The van der Waals surface area contributed by atoms with Crippen LogP contribution in [0.3, 0.4) is 0 Å². The smallest absolute Gasteiger partial charge is 0.317 e. The summed E-state index contributed by atoms with van der Waals surface area (Å²) in [5.74, 6) is 0.202. The normalized spacial score (nSPS) is 10.1. The second-order valence-corrected chi connectivity index (χ2v) is 3.46. The first-order valence-corrected chi connectivity index (χ1v) is 4.90. The lowest BCUT2D eigenvalue weighted by molar-refractivity contribution is -0.133. The van der Waals surface area contributed by atoms with Crippen LogP contribution < -0.4 is 4.74 Å². The molecule has 0 saturated carbocycles. The SMILES string of the molecule is Cc1cccc(OC(=O)Cc2ccon2)c1. The van der Waals surface area contributed by atoms with Crippen molar-refractivity contribution in [2.75, 3.05) is 0 Å². The molecule has 2 aromatic rings. The average Bonchev–Trinajstić information content (AvgIpc) is 2.70. The Balaban J connectivity index is 1.97. The largest absolute Gasteiger partial charge is 0.426 e. The molecule has 0 saturated heterocycles. The lowest BCUT2D eigenvalue weighted by Gasteiger charge is -2.03. The van der Waals surface area contributed by atoms with Crippen molar-refractivity contribution in [1.82, 2.24) is 5.16 Å². The molecule has 0 unspecified atom stereocenters. The van der Waals surface area contributed by atoms with Gasteiger partial charge < -0.3 is 9.26 Å². The minimum absolute atomic E-state index is 0.116. The Labute approximate surface area is 92.8 Å². The minimum atomic E-state index is -0.348. The summed E-state index contributed by atoms with van der Waals surface area (Å²) >= 11 is 0. The number of ether oxygens (including phenoxy) is 1.